The lowest BCUT2D eigenvalue weighted by Crippen LogP contribution is -2.33. The van der Waals surface area contributed by atoms with Crippen LogP contribution in [0.5, 0.6) is 0 Å². The van der Waals surface area contributed by atoms with Crippen LogP contribution in [0.25, 0.3) is 0 Å². The van der Waals surface area contributed by atoms with Gasteiger partial charge in [0.2, 0.25) is 0 Å². The summed E-state index contributed by atoms with van der Waals surface area (Å²) in [6, 6.07) is 3.84. The number of rotatable bonds is 6. The highest BCUT2D eigenvalue weighted by atomic mass is 16.5. The summed E-state index contributed by atoms with van der Waals surface area (Å²) in [7, 11) is 1.35. The Labute approximate surface area is 107 Å². The van der Waals surface area contributed by atoms with Gasteiger partial charge in [-0.1, -0.05) is 0 Å². The monoisotopic (exact) mass is 252 g/mol. The Morgan fingerprint density at radius 3 is 2.67 bits per heavy atom. The second-order valence-corrected chi connectivity index (χ2v) is 4.32. The van der Waals surface area contributed by atoms with Crippen molar-refractivity contribution in [3.8, 4) is 0 Å². The van der Waals surface area contributed by atoms with Crippen molar-refractivity contribution >= 4 is 5.97 Å². The van der Waals surface area contributed by atoms with Crippen LogP contribution in [0.1, 0.15) is 29.9 Å². The summed E-state index contributed by atoms with van der Waals surface area (Å²) in [6.07, 6.45) is 1.51. The predicted molar refractivity (Wildman–Crippen MR) is 68.2 cm³/mol. The Morgan fingerprint density at radius 2 is 2.22 bits per heavy atom. The molecule has 100 valence electrons. The number of nitrogens with zero attached hydrogens (tertiary/aromatic N) is 2. The summed E-state index contributed by atoms with van der Waals surface area (Å²) in [6.45, 7) is 5.52. The average molecular weight is 252 g/mol. The van der Waals surface area contributed by atoms with Crippen molar-refractivity contribution in [1.82, 2.24) is 9.88 Å². The van der Waals surface area contributed by atoms with Gasteiger partial charge in [-0.05, 0) is 26.0 Å². The molecule has 0 aliphatic heterocycles. The van der Waals surface area contributed by atoms with Crippen molar-refractivity contribution in [2.45, 2.75) is 26.4 Å². The average Bonchev–Trinajstić information content (AvgIpc) is 2.38. The van der Waals surface area contributed by atoms with Gasteiger partial charge in [0.15, 0.2) is 0 Å². The number of aliphatic hydroxyl groups is 1. The van der Waals surface area contributed by atoms with Crippen LogP contribution in [0, 0.1) is 0 Å². The van der Waals surface area contributed by atoms with Gasteiger partial charge in [-0.3, -0.25) is 9.88 Å². The SMILES string of the molecule is COC(=O)c1ccc(CN(CCO)C(C)C)nc1. The molecule has 1 rings (SSSR count). The fraction of sp³-hybridized carbons (Fsp3) is 0.538. The van der Waals surface area contributed by atoms with Crippen LogP contribution in [-0.2, 0) is 11.3 Å². The number of carbonyl (C=O) groups excluding carboxylic acids is 1. The van der Waals surface area contributed by atoms with Crippen LogP contribution in [0.4, 0.5) is 0 Å². The normalized spacial score (nSPS) is 11.0. The van der Waals surface area contributed by atoms with Crippen molar-refractivity contribution in [1.29, 1.82) is 0 Å². The minimum Gasteiger partial charge on any atom is -0.465 e. The first-order chi connectivity index (χ1) is 8.58. The van der Waals surface area contributed by atoms with E-state index in [1.54, 1.807) is 12.1 Å². The van der Waals surface area contributed by atoms with E-state index in [-0.39, 0.29) is 12.6 Å². The minimum atomic E-state index is -0.384. The summed E-state index contributed by atoms with van der Waals surface area (Å²) >= 11 is 0. The molecule has 0 aromatic carbocycles. The lowest BCUT2D eigenvalue weighted by atomic mass is 10.2. The van der Waals surface area contributed by atoms with E-state index in [0.29, 0.717) is 24.7 Å². The predicted octanol–water partition coefficient (Wildman–Crippen LogP) is 1.07. The van der Waals surface area contributed by atoms with Gasteiger partial charge in [0.05, 0.1) is 25.0 Å². The van der Waals surface area contributed by atoms with Crippen molar-refractivity contribution in [2.24, 2.45) is 0 Å². The van der Waals surface area contributed by atoms with Crippen LogP contribution >= 0.6 is 0 Å². The third-order valence-electron chi connectivity index (χ3n) is 2.73. The molecule has 0 aliphatic rings. The van der Waals surface area contributed by atoms with Gasteiger partial charge >= 0.3 is 5.97 Å². The third kappa shape index (κ3) is 4.09. The number of hydrogen-bond donors (Lipinski definition) is 1. The zero-order valence-electron chi connectivity index (χ0n) is 11.1. The number of pyridine rings is 1. The Hall–Kier alpha value is -1.46. The molecule has 1 N–H and O–H groups in total. The maximum Gasteiger partial charge on any atom is 0.339 e. The molecule has 1 heterocycles. The largest absolute Gasteiger partial charge is 0.465 e. The third-order valence-corrected chi connectivity index (χ3v) is 2.73. The molecule has 0 saturated carbocycles. The minimum absolute atomic E-state index is 0.123. The molecule has 0 bridgehead atoms. The molecule has 0 spiro atoms. The highest BCUT2D eigenvalue weighted by molar-refractivity contribution is 5.88. The lowest BCUT2D eigenvalue weighted by Gasteiger charge is -2.25. The number of hydrogen-bond acceptors (Lipinski definition) is 5. The van der Waals surface area contributed by atoms with Gasteiger partial charge in [0.1, 0.15) is 0 Å². The molecular formula is C13H20N2O3. The first-order valence-electron chi connectivity index (χ1n) is 5.96. The smallest absolute Gasteiger partial charge is 0.339 e. The molecule has 0 fully saturated rings. The molecule has 18 heavy (non-hydrogen) atoms. The molecule has 0 amide bonds. The second-order valence-electron chi connectivity index (χ2n) is 4.32. The fourth-order valence-corrected chi connectivity index (χ4v) is 1.61. The zero-order valence-corrected chi connectivity index (χ0v) is 11.1. The molecule has 1 aromatic rings. The summed E-state index contributed by atoms with van der Waals surface area (Å²) in [5, 5.41) is 8.99. The molecule has 0 saturated heterocycles. The van der Waals surface area contributed by atoms with Crippen LogP contribution in [0.3, 0.4) is 0 Å². The van der Waals surface area contributed by atoms with E-state index < -0.39 is 0 Å². The van der Waals surface area contributed by atoms with E-state index in [4.69, 9.17) is 5.11 Å². The van der Waals surface area contributed by atoms with E-state index in [1.165, 1.54) is 13.3 Å². The summed E-state index contributed by atoms with van der Waals surface area (Å²) in [5.74, 6) is -0.384. The molecule has 5 nitrogen and oxygen atoms in total. The van der Waals surface area contributed by atoms with Crippen LogP contribution in [0.2, 0.25) is 0 Å². The number of aromatic nitrogens is 1. The van der Waals surface area contributed by atoms with Crippen LogP contribution in [-0.4, -0.2) is 47.3 Å². The summed E-state index contributed by atoms with van der Waals surface area (Å²) in [4.78, 5) is 17.6. The number of carbonyl (C=O) groups is 1. The summed E-state index contributed by atoms with van der Waals surface area (Å²) < 4.78 is 4.61. The Morgan fingerprint density at radius 1 is 1.50 bits per heavy atom. The second kappa shape index (κ2) is 7.08. The zero-order chi connectivity index (χ0) is 13.5. The van der Waals surface area contributed by atoms with Crippen LogP contribution < -0.4 is 0 Å². The number of esters is 1. The highest BCUT2D eigenvalue weighted by Crippen LogP contribution is 2.07. The van der Waals surface area contributed by atoms with Gasteiger partial charge < -0.3 is 9.84 Å². The Bertz CT molecular complexity index is 376. The standard InChI is InChI=1S/C13H20N2O3/c1-10(2)15(6-7-16)9-12-5-4-11(8-14-12)13(17)18-3/h4-5,8,10,16H,6-7,9H2,1-3H3. The van der Waals surface area contributed by atoms with E-state index in [9.17, 15) is 4.79 Å². The number of methoxy groups -OCH3 is 1. The van der Waals surface area contributed by atoms with Crippen molar-refractivity contribution in [3.05, 3.63) is 29.6 Å². The molecule has 0 aliphatic carbocycles. The van der Waals surface area contributed by atoms with Gasteiger partial charge in [0, 0.05) is 25.3 Å². The Balaban J connectivity index is 2.70. The molecule has 0 atom stereocenters. The van der Waals surface area contributed by atoms with E-state index in [1.807, 2.05) is 0 Å². The molecular weight excluding hydrogens is 232 g/mol. The Kier molecular flexibility index (Phi) is 5.74. The van der Waals surface area contributed by atoms with Gasteiger partial charge in [0.25, 0.3) is 0 Å². The molecule has 0 unspecified atom stereocenters. The quantitative estimate of drug-likeness (QED) is 0.767. The number of ether oxygens (including phenoxy) is 1. The maximum absolute atomic E-state index is 11.3. The molecule has 5 heteroatoms. The maximum atomic E-state index is 11.3. The van der Waals surface area contributed by atoms with Crippen molar-refractivity contribution < 1.29 is 14.6 Å². The molecule has 0 radical (unpaired) electrons. The summed E-state index contributed by atoms with van der Waals surface area (Å²) in [5.41, 5.74) is 1.31. The van der Waals surface area contributed by atoms with E-state index >= 15 is 0 Å². The van der Waals surface area contributed by atoms with Crippen LogP contribution in [0.15, 0.2) is 18.3 Å². The lowest BCUT2D eigenvalue weighted by molar-refractivity contribution is 0.0600. The topological polar surface area (TPSA) is 62.7 Å². The van der Waals surface area contributed by atoms with E-state index in [0.717, 1.165) is 5.69 Å². The van der Waals surface area contributed by atoms with Gasteiger partial charge in [-0.25, -0.2) is 4.79 Å². The van der Waals surface area contributed by atoms with E-state index in [2.05, 4.69) is 28.5 Å². The van der Waals surface area contributed by atoms with Crippen molar-refractivity contribution in [3.63, 3.8) is 0 Å². The molecule has 1 aromatic heterocycles. The van der Waals surface area contributed by atoms with Crippen molar-refractivity contribution in [2.75, 3.05) is 20.3 Å². The van der Waals surface area contributed by atoms with Gasteiger partial charge in [-0.15, -0.1) is 0 Å². The van der Waals surface area contributed by atoms with Gasteiger partial charge in [-0.2, -0.15) is 0 Å². The first-order valence-corrected chi connectivity index (χ1v) is 5.96. The fourth-order valence-electron chi connectivity index (χ4n) is 1.61. The highest BCUT2D eigenvalue weighted by Gasteiger charge is 2.11. The first kappa shape index (κ1) is 14.6. The number of aliphatic hydroxyl groups excluding tert-OH is 1.